The minimum atomic E-state index is -0.739. The fraction of sp³-hybridized carbons (Fsp3) is 0.429. The van der Waals surface area contributed by atoms with E-state index in [2.05, 4.69) is 5.32 Å². The number of rotatable bonds is 8. The summed E-state index contributed by atoms with van der Waals surface area (Å²) in [6.45, 7) is 0.409. The molecule has 1 aromatic carbocycles. The number of hydrogen-bond donors (Lipinski definition) is 3. The number of carbonyl (C=O) groups excluding carboxylic acids is 2. The molecule has 1 saturated carbocycles. The van der Waals surface area contributed by atoms with Crippen LogP contribution in [-0.2, 0) is 4.79 Å². The summed E-state index contributed by atoms with van der Waals surface area (Å²) in [7, 11) is 0. The van der Waals surface area contributed by atoms with Crippen LogP contribution >= 0.6 is 24.2 Å². The van der Waals surface area contributed by atoms with Crippen LogP contribution in [0.4, 0.5) is 5.69 Å². The van der Waals surface area contributed by atoms with Crippen LogP contribution in [0.25, 0.3) is 0 Å². The molecule has 1 fully saturated rings. The lowest BCUT2D eigenvalue weighted by Crippen LogP contribution is -2.39. The summed E-state index contributed by atoms with van der Waals surface area (Å²) in [6, 6.07) is 3.91. The predicted octanol–water partition coefficient (Wildman–Crippen LogP) is 1.06. The third kappa shape index (κ3) is 5.66. The molecule has 2 rings (SSSR count). The second-order valence-corrected chi connectivity index (χ2v) is 6.42. The van der Waals surface area contributed by atoms with Gasteiger partial charge in [-0.2, -0.15) is 0 Å². The molecule has 0 heterocycles. The van der Waals surface area contributed by atoms with Gasteiger partial charge in [-0.15, -0.1) is 24.2 Å². The van der Waals surface area contributed by atoms with E-state index < -0.39 is 10.8 Å². The molecule has 5 N–H and O–H groups in total. The van der Waals surface area contributed by atoms with Crippen molar-refractivity contribution >= 4 is 41.7 Å². The van der Waals surface area contributed by atoms with Crippen molar-refractivity contribution in [1.82, 2.24) is 5.32 Å². The number of nitro groups is 1. The highest BCUT2D eigenvalue weighted by molar-refractivity contribution is 8.00. The van der Waals surface area contributed by atoms with E-state index in [1.807, 2.05) is 0 Å². The highest BCUT2D eigenvalue weighted by Crippen LogP contribution is 2.31. The van der Waals surface area contributed by atoms with Crippen LogP contribution in [0.1, 0.15) is 23.2 Å². The number of amides is 2. The quantitative estimate of drug-likeness (QED) is 0.353. The third-order valence-corrected chi connectivity index (χ3v) is 4.62. The maximum Gasteiger partial charge on any atom is 0.283 e. The molecular weight excluding hydrogens is 356 g/mol. The largest absolute Gasteiger partial charge is 0.366 e. The van der Waals surface area contributed by atoms with Crippen LogP contribution in [0.3, 0.4) is 0 Å². The number of nitro benzene ring substituents is 1. The number of thioether (sulfide) groups is 1. The van der Waals surface area contributed by atoms with Gasteiger partial charge in [0.2, 0.25) is 11.8 Å². The Balaban J connectivity index is 0.00000288. The van der Waals surface area contributed by atoms with Gasteiger partial charge in [0.25, 0.3) is 5.69 Å². The Labute approximate surface area is 149 Å². The van der Waals surface area contributed by atoms with Crippen molar-refractivity contribution in [1.29, 1.82) is 0 Å². The lowest BCUT2D eigenvalue weighted by atomic mass is 10.2. The van der Waals surface area contributed by atoms with E-state index in [9.17, 15) is 19.7 Å². The zero-order chi connectivity index (χ0) is 17.0. The monoisotopic (exact) mass is 374 g/mol. The molecule has 8 nitrogen and oxygen atoms in total. The Hall–Kier alpha value is -1.84. The minimum Gasteiger partial charge on any atom is -0.366 e. The first-order valence-corrected chi connectivity index (χ1v) is 8.10. The summed E-state index contributed by atoms with van der Waals surface area (Å²) in [4.78, 5) is 33.6. The fourth-order valence-corrected chi connectivity index (χ4v) is 2.89. The van der Waals surface area contributed by atoms with Crippen LogP contribution < -0.4 is 16.8 Å². The number of nitrogens with zero attached hydrogens (tertiary/aromatic N) is 1. The first-order valence-electron chi connectivity index (χ1n) is 7.12. The van der Waals surface area contributed by atoms with Crippen LogP contribution in [0, 0.1) is 16.0 Å². The summed E-state index contributed by atoms with van der Waals surface area (Å²) in [5.74, 6) is -0.449. The van der Waals surface area contributed by atoms with Crippen molar-refractivity contribution in [2.75, 3.05) is 12.3 Å². The summed E-state index contributed by atoms with van der Waals surface area (Å²) >= 11 is 1.03. The van der Waals surface area contributed by atoms with Gasteiger partial charge in [0.15, 0.2) is 0 Å². The molecule has 0 aromatic heterocycles. The molecule has 0 saturated heterocycles. The Morgan fingerprint density at radius 3 is 2.62 bits per heavy atom. The van der Waals surface area contributed by atoms with E-state index in [1.54, 1.807) is 0 Å². The molecule has 1 aromatic rings. The molecule has 24 heavy (non-hydrogen) atoms. The van der Waals surface area contributed by atoms with Crippen molar-refractivity contribution in [2.24, 2.45) is 17.4 Å². The average molecular weight is 375 g/mol. The van der Waals surface area contributed by atoms with Crippen LogP contribution in [0.5, 0.6) is 0 Å². The highest BCUT2D eigenvalue weighted by atomic mass is 35.5. The van der Waals surface area contributed by atoms with E-state index >= 15 is 0 Å². The Morgan fingerprint density at radius 2 is 2.08 bits per heavy atom. The van der Waals surface area contributed by atoms with E-state index in [0.29, 0.717) is 17.4 Å². The fourth-order valence-electron chi connectivity index (χ4n) is 2.05. The number of nitrogens with two attached hydrogens (primary N) is 2. The van der Waals surface area contributed by atoms with E-state index in [4.69, 9.17) is 11.5 Å². The second kappa shape index (κ2) is 8.86. The summed E-state index contributed by atoms with van der Waals surface area (Å²) in [5.41, 5.74) is 10.8. The number of carbonyl (C=O) groups is 2. The van der Waals surface area contributed by atoms with Gasteiger partial charge in [0, 0.05) is 24.2 Å². The van der Waals surface area contributed by atoms with Gasteiger partial charge in [-0.1, -0.05) is 0 Å². The SMILES string of the molecule is Cl.NC(=O)c1ccc(SCC(=O)NCC(N)C2CC2)c([N+](=O)[O-])c1. The molecule has 0 spiro atoms. The van der Waals surface area contributed by atoms with Crippen molar-refractivity contribution in [2.45, 2.75) is 23.8 Å². The molecule has 10 heteroatoms. The maximum atomic E-state index is 11.8. The zero-order valence-corrected chi connectivity index (χ0v) is 14.4. The third-order valence-electron chi connectivity index (χ3n) is 3.56. The Kier molecular flexibility index (Phi) is 7.46. The lowest BCUT2D eigenvalue weighted by Gasteiger charge is -2.11. The smallest absolute Gasteiger partial charge is 0.283 e. The van der Waals surface area contributed by atoms with Crippen molar-refractivity contribution in [3.05, 3.63) is 33.9 Å². The van der Waals surface area contributed by atoms with Crippen molar-refractivity contribution in [3.8, 4) is 0 Å². The highest BCUT2D eigenvalue weighted by Gasteiger charge is 2.28. The molecular formula is C14H19ClN4O4S. The van der Waals surface area contributed by atoms with Gasteiger partial charge in [0.05, 0.1) is 15.6 Å². The number of halogens is 1. The lowest BCUT2D eigenvalue weighted by molar-refractivity contribution is -0.387. The number of benzene rings is 1. The Bertz CT molecular complexity index is 639. The molecule has 2 amide bonds. The Morgan fingerprint density at radius 1 is 1.42 bits per heavy atom. The number of hydrogen-bond acceptors (Lipinski definition) is 6. The molecule has 1 aliphatic rings. The van der Waals surface area contributed by atoms with E-state index in [-0.39, 0.29) is 41.4 Å². The van der Waals surface area contributed by atoms with Gasteiger partial charge in [-0.3, -0.25) is 19.7 Å². The molecule has 0 aliphatic heterocycles. The first-order chi connectivity index (χ1) is 10.9. The van der Waals surface area contributed by atoms with Gasteiger partial charge in [-0.25, -0.2) is 0 Å². The summed E-state index contributed by atoms with van der Waals surface area (Å²) in [5, 5.41) is 13.8. The standard InChI is InChI=1S/C14H18N4O4S.ClH/c15-10(8-1-2-8)6-17-13(19)7-23-12-4-3-9(14(16)20)5-11(12)18(21)22;/h3-5,8,10H,1-2,6-7,15H2,(H2,16,20)(H,17,19);1H. The van der Waals surface area contributed by atoms with Crippen molar-refractivity contribution in [3.63, 3.8) is 0 Å². The normalized spacial score (nSPS) is 14.4. The maximum absolute atomic E-state index is 11.8. The zero-order valence-electron chi connectivity index (χ0n) is 12.8. The molecule has 1 atom stereocenters. The van der Waals surface area contributed by atoms with Gasteiger partial charge in [0.1, 0.15) is 0 Å². The number of nitrogens with one attached hydrogen (secondary N) is 1. The summed E-state index contributed by atoms with van der Waals surface area (Å²) in [6.07, 6.45) is 2.20. The van der Waals surface area contributed by atoms with E-state index in [0.717, 1.165) is 30.7 Å². The van der Waals surface area contributed by atoms with Gasteiger partial charge >= 0.3 is 0 Å². The van der Waals surface area contributed by atoms with Crippen LogP contribution in [0.15, 0.2) is 23.1 Å². The predicted molar refractivity (Wildman–Crippen MR) is 93.3 cm³/mol. The van der Waals surface area contributed by atoms with Gasteiger partial charge < -0.3 is 16.8 Å². The number of primary amides is 1. The van der Waals surface area contributed by atoms with E-state index in [1.165, 1.54) is 12.1 Å². The molecule has 1 unspecified atom stereocenters. The first kappa shape index (κ1) is 20.2. The molecule has 1 aliphatic carbocycles. The topological polar surface area (TPSA) is 141 Å². The van der Waals surface area contributed by atoms with Crippen molar-refractivity contribution < 1.29 is 14.5 Å². The average Bonchev–Trinajstić information content (AvgIpc) is 3.34. The molecule has 0 bridgehead atoms. The van der Waals surface area contributed by atoms with Crippen LogP contribution in [-0.4, -0.2) is 35.1 Å². The molecule has 0 radical (unpaired) electrons. The van der Waals surface area contributed by atoms with Gasteiger partial charge in [-0.05, 0) is 30.9 Å². The molecule has 132 valence electrons. The van der Waals surface area contributed by atoms with Crippen LogP contribution in [0.2, 0.25) is 0 Å². The second-order valence-electron chi connectivity index (χ2n) is 5.40. The summed E-state index contributed by atoms with van der Waals surface area (Å²) < 4.78 is 0. The minimum absolute atomic E-state index is 0.